The van der Waals surface area contributed by atoms with Gasteiger partial charge in [0.15, 0.2) is 0 Å². The van der Waals surface area contributed by atoms with Gasteiger partial charge in [-0.25, -0.2) is 0 Å². The minimum Gasteiger partial charge on any atom is -0.373 e. The molecule has 0 saturated carbocycles. The normalized spacial score (nSPS) is 35.7. The van der Waals surface area contributed by atoms with Gasteiger partial charge in [0.1, 0.15) is 0 Å². The summed E-state index contributed by atoms with van der Waals surface area (Å²) in [6.07, 6.45) is 3.49. The number of hydrogen-bond acceptors (Lipinski definition) is 3. The van der Waals surface area contributed by atoms with Gasteiger partial charge < -0.3 is 10.1 Å². The number of hydrogen-bond donors (Lipinski definition) is 1. The predicted molar refractivity (Wildman–Crippen MR) is 75.8 cm³/mol. The summed E-state index contributed by atoms with van der Waals surface area (Å²) < 4.78 is 5.82. The van der Waals surface area contributed by atoms with E-state index in [0.29, 0.717) is 17.6 Å². The Morgan fingerprint density at radius 3 is 2.44 bits per heavy atom. The quantitative estimate of drug-likeness (QED) is 0.835. The van der Waals surface area contributed by atoms with Crippen LogP contribution in [0.15, 0.2) is 0 Å². The van der Waals surface area contributed by atoms with Crippen LogP contribution in [0.2, 0.25) is 0 Å². The van der Waals surface area contributed by atoms with Gasteiger partial charge >= 0.3 is 0 Å². The fraction of sp³-hybridized carbons (Fsp3) is 1.00. The third-order valence-corrected chi connectivity index (χ3v) is 4.53. The molecule has 0 aromatic carbocycles. The topological polar surface area (TPSA) is 24.5 Å². The third-order valence-electron chi connectivity index (χ3n) is 4.53. The Kier molecular flexibility index (Phi) is 4.68. The molecule has 0 bridgehead atoms. The Morgan fingerprint density at radius 2 is 1.89 bits per heavy atom. The van der Waals surface area contributed by atoms with E-state index in [-0.39, 0.29) is 0 Å². The van der Waals surface area contributed by atoms with Crippen LogP contribution >= 0.6 is 0 Å². The molecule has 0 spiro atoms. The first-order chi connectivity index (χ1) is 8.47. The molecule has 3 heteroatoms. The van der Waals surface area contributed by atoms with E-state index in [1.807, 2.05) is 0 Å². The largest absolute Gasteiger partial charge is 0.373 e. The third kappa shape index (κ3) is 3.69. The van der Waals surface area contributed by atoms with Gasteiger partial charge in [0, 0.05) is 19.6 Å². The first-order valence-electron chi connectivity index (χ1n) is 7.56. The lowest BCUT2D eigenvalue weighted by atomic mass is 9.74. The van der Waals surface area contributed by atoms with Gasteiger partial charge in [0.2, 0.25) is 0 Å². The number of nitrogens with zero attached hydrogens (tertiary/aromatic N) is 1. The predicted octanol–water partition coefficient (Wildman–Crippen LogP) is 2.12. The molecule has 3 atom stereocenters. The minimum absolute atomic E-state index is 0.383. The van der Waals surface area contributed by atoms with Crippen molar-refractivity contribution in [3.63, 3.8) is 0 Å². The van der Waals surface area contributed by atoms with Gasteiger partial charge in [-0.1, -0.05) is 13.8 Å². The standard InChI is InChI=1S/C15H30N2O/c1-12-9-17(10-13(2)18-12)11-15(3,4)14-6-5-7-16-8-14/h12-14,16H,5-11H2,1-4H3. The second-order valence-electron chi connectivity index (χ2n) is 6.98. The van der Waals surface area contributed by atoms with Crippen molar-refractivity contribution in [2.75, 3.05) is 32.7 Å². The number of ether oxygens (including phenoxy) is 1. The number of morpholine rings is 1. The van der Waals surface area contributed by atoms with Crippen molar-refractivity contribution in [1.82, 2.24) is 10.2 Å². The Morgan fingerprint density at radius 1 is 1.22 bits per heavy atom. The van der Waals surface area contributed by atoms with Crippen LogP contribution in [0.25, 0.3) is 0 Å². The molecule has 0 aliphatic carbocycles. The summed E-state index contributed by atoms with van der Waals surface area (Å²) in [5, 5.41) is 3.55. The molecule has 2 saturated heterocycles. The van der Waals surface area contributed by atoms with Gasteiger partial charge in [-0.05, 0) is 51.1 Å². The highest BCUT2D eigenvalue weighted by atomic mass is 16.5. The minimum atomic E-state index is 0.383. The van der Waals surface area contributed by atoms with E-state index < -0.39 is 0 Å². The summed E-state index contributed by atoms with van der Waals surface area (Å²) in [5.74, 6) is 0.819. The van der Waals surface area contributed by atoms with Crippen LogP contribution in [0, 0.1) is 11.3 Å². The summed E-state index contributed by atoms with van der Waals surface area (Å²) >= 11 is 0. The zero-order valence-electron chi connectivity index (χ0n) is 12.5. The lowest BCUT2D eigenvalue weighted by molar-refractivity contribution is -0.0800. The van der Waals surface area contributed by atoms with Gasteiger partial charge in [0.05, 0.1) is 12.2 Å². The highest BCUT2D eigenvalue weighted by molar-refractivity contribution is 4.87. The average molecular weight is 254 g/mol. The van der Waals surface area contributed by atoms with Crippen LogP contribution in [0.3, 0.4) is 0 Å². The van der Waals surface area contributed by atoms with Crippen LogP contribution < -0.4 is 5.32 Å². The fourth-order valence-electron chi connectivity index (χ4n) is 3.64. The average Bonchev–Trinajstić information content (AvgIpc) is 2.28. The number of piperidine rings is 1. The van der Waals surface area contributed by atoms with Crippen LogP contribution in [0.1, 0.15) is 40.5 Å². The van der Waals surface area contributed by atoms with E-state index in [0.717, 1.165) is 19.0 Å². The Bertz CT molecular complexity index is 251. The Hall–Kier alpha value is -0.120. The van der Waals surface area contributed by atoms with Crippen molar-refractivity contribution in [2.24, 2.45) is 11.3 Å². The van der Waals surface area contributed by atoms with Gasteiger partial charge in [-0.15, -0.1) is 0 Å². The van der Waals surface area contributed by atoms with E-state index in [9.17, 15) is 0 Å². The molecule has 2 aliphatic rings. The summed E-state index contributed by atoms with van der Waals surface area (Å²) in [6, 6.07) is 0. The molecule has 2 aliphatic heterocycles. The maximum Gasteiger partial charge on any atom is 0.0678 e. The van der Waals surface area contributed by atoms with Crippen molar-refractivity contribution in [3.8, 4) is 0 Å². The summed E-state index contributed by atoms with van der Waals surface area (Å²) in [7, 11) is 0. The monoisotopic (exact) mass is 254 g/mol. The molecule has 2 rings (SSSR count). The van der Waals surface area contributed by atoms with Crippen LogP contribution in [-0.2, 0) is 4.74 Å². The van der Waals surface area contributed by atoms with Crippen molar-refractivity contribution in [1.29, 1.82) is 0 Å². The lowest BCUT2D eigenvalue weighted by Crippen LogP contribution is -2.51. The summed E-state index contributed by atoms with van der Waals surface area (Å²) in [5.41, 5.74) is 0.407. The SMILES string of the molecule is CC1CN(CC(C)(C)C2CCCNC2)CC(C)O1. The van der Waals surface area contributed by atoms with Gasteiger partial charge in [0.25, 0.3) is 0 Å². The van der Waals surface area contributed by atoms with Crippen molar-refractivity contribution < 1.29 is 4.74 Å². The highest BCUT2D eigenvalue weighted by Crippen LogP contribution is 2.33. The maximum atomic E-state index is 5.82. The molecule has 0 radical (unpaired) electrons. The van der Waals surface area contributed by atoms with E-state index in [4.69, 9.17) is 4.74 Å². The summed E-state index contributed by atoms with van der Waals surface area (Å²) in [6.45, 7) is 15.1. The molecule has 3 nitrogen and oxygen atoms in total. The Labute approximate surface area is 112 Å². The molecular weight excluding hydrogens is 224 g/mol. The second kappa shape index (κ2) is 5.89. The molecule has 18 heavy (non-hydrogen) atoms. The number of nitrogens with one attached hydrogen (secondary N) is 1. The number of rotatable bonds is 3. The zero-order chi connectivity index (χ0) is 13.2. The van der Waals surface area contributed by atoms with Crippen molar-refractivity contribution in [2.45, 2.75) is 52.7 Å². The molecule has 1 N–H and O–H groups in total. The highest BCUT2D eigenvalue weighted by Gasteiger charge is 2.34. The first kappa shape index (κ1) is 14.3. The van der Waals surface area contributed by atoms with E-state index in [1.165, 1.54) is 32.5 Å². The lowest BCUT2D eigenvalue weighted by Gasteiger charge is -2.44. The van der Waals surface area contributed by atoms with Crippen LogP contribution in [-0.4, -0.2) is 49.8 Å². The van der Waals surface area contributed by atoms with Gasteiger partial charge in [-0.3, -0.25) is 4.90 Å². The van der Waals surface area contributed by atoms with Crippen molar-refractivity contribution >= 4 is 0 Å². The van der Waals surface area contributed by atoms with E-state index in [2.05, 4.69) is 37.9 Å². The van der Waals surface area contributed by atoms with Crippen LogP contribution in [0.5, 0.6) is 0 Å². The molecule has 3 unspecified atom stereocenters. The fourth-order valence-corrected chi connectivity index (χ4v) is 3.64. The molecular formula is C15H30N2O. The zero-order valence-corrected chi connectivity index (χ0v) is 12.5. The van der Waals surface area contributed by atoms with Crippen LogP contribution in [0.4, 0.5) is 0 Å². The molecule has 2 fully saturated rings. The Balaban J connectivity index is 1.89. The van der Waals surface area contributed by atoms with Gasteiger partial charge in [-0.2, -0.15) is 0 Å². The molecule has 0 aromatic heterocycles. The summed E-state index contributed by atoms with van der Waals surface area (Å²) in [4.78, 5) is 2.60. The smallest absolute Gasteiger partial charge is 0.0678 e. The molecule has 2 heterocycles. The second-order valence-corrected chi connectivity index (χ2v) is 6.98. The van der Waals surface area contributed by atoms with E-state index >= 15 is 0 Å². The van der Waals surface area contributed by atoms with Crippen molar-refractivity contribution in [3.05, 3.63) is 0 Å². The van der Waals surface area contributed by atoms with E-state index in [1.54, 1.807) is 0 Å². The first-order valence-corrected chi connectivity index (χ1v) is 7.56. The molecule has 0 aromatic rings. The molecule has 0 amide bonds. The molecule has 106 valence electrons. The maximum absolute atomic E-state index is 5.82.